The monoisotopic (exact) mass is 574 g/mol. The molecule has 8 N–H and O–H groups in total. The molecule has 0 aromatic heterocycles. The van der Waals surface area contributed by atoms with Crippen LogP contribution in [0.25, 0.3) is 5.76 Å². The van der Waals surface area contributed by atoms with Gasteiger partial charge in [0.05, 0.1) is 22.3 Å². The first-order valence-electron chi connectivity index (χ1n) is 13.5. The van der Waals surface area contributed by atoms with Crippen molar-refractivity contribution in [3.8, 4) is 5.75 Å². The van der Waals surface area contributed by atoms with Crippen LogP contribution in [0.3, 0.4) is 0 Å². The molecule has 1 amide bonds. The Labute approximate surface area is 236 Å². The average molecular weight is 575 g/mol. The maximum Gasteiger partial charge on any atom is 0.255 e. The van der Waals surface area contributed by atoms with Gasteiger partial charge in [-0.15, -0.1) is 0 Å². The Morgan fingerprint density at radius 2 is 1.75 bits per heavy atom. The van der Waals surface area contributed by atoms with Crippen LogP contribution in [0.2, 0.25) is 5.02 Å². The number of nitrogen functional groups attached to an aromatic ring is 1. The van der Waals surface area contributed by atoms with Crippen molar-refractivity contribution in [3.05, 3.63) is 38.6 Å². The zero-order valence-corrected chi connectivity index (χ0v) is 23.3. The zero-order valence-electron chi connectivity index (χ0n) is 22.5. The summed E-state index contributed by atoms with van der Waals surface area (Å²) in [5.74, 6) is -7.15. The van der Waals surface area contributed by atoms with Crippen molar-refractivity contribution >= 4 is 40.5 Å². The number of primary amides is 1. The fraction of sp³-hybridized carbons (Fsp3) is 0.536. The van der Waals surface area contributed by atoms with Crippen molar-refractivity contribution in [2.24, 2.45) is 17.6 Å². The van der Waals surface area contributed by atoms with Gasteiger partial charge in [-0.3, -0.25) is 24.2 Å². The van der Waals surface area contributed by atoms with Crippen LogP contribution in [0, 0.1) is 11.8 Å². The second-order valence-electron chi connectivity index (χ2n) is 11.6. The predicted molar refractivity (Wildman–Crippen MR) is 147 cm³/mol. The van der Waals surface area contributed by atoms with Gasteiger partial charge in [0.25, 0.3) is 5.91 Å². The SMILES string of the molecule is CN(C)[C@@H]1C(=O)C(C(N)=O)=C(O)[C@@]2(O)C(=O)C3=C(O)c4c(O)c(N)c(CN5CCCCCC5)c(Cl)c4C[C@H]3C[C@@H]12. The van der Waals surface area contributed by atoms with E-state index in [-0.39, 0.29) is 34.7 Å². The van der Waals surface area contributed by atoms with Crippen molar-refractivity contribution in [1.29, 1.82) is 0 Å². The molecule has 1 aromatic rings. The molecule has 4 aliphatic rings. The number of aromatic hydroxyl groups is 1. The Hall–Kier alpha value is -3.12. The molecule has 1 saturated carbocycles. The Bertz CT molecular complexity index is 1380. The molecular formula is C28H35ClN4O7. The van der Waals surface area contributed by atoms with Gasteiger partial charge < -0.3 is 31.9 Å². The van der Waals surface area contributed by atoms with Crippen LogP contribution in [0.5, 0.6) is 5.75 Å². The number of Topliss-reactive ketones (excluding diaryl/α,β-unsaturated/α-hetero) is 2. The number of rotatable bonds is 4. The highest BCUT2D eigenvalue weighted by Gasteiger charge is 2.64. The standard InChI is InChI=1S/C28H35ClN4O7/c1-32(2)21-15-10-12-9-13-17(23(35)20(30)14(19(13)29)11-33-7-5-3-4-6-8-33)22(34)16(12)25(37)28(15,40)26(38)18(24(21)36)27(31)39/h12,15,21,34-35,38,40H,3-11,30H2,1-2H3,(H2,31,39)/t12-,15-,21-,28-/m0/s1. The molecule has 40 heavy (non-hydrogen) atoms. The molecular weight excluding hydrogens is 540 g/mol. The Balaban J connectivity index is 1.65. The van der Waals surface area contributed by atoms with Gasteiger partial charge in [0, 0.05) is 23.6 Å². The van der Waals surface area contributed by atoms with Crippen LogP contribution >= 0.6 is 11.6 Å². The Kier molecular flexibility index (Phi) is 7.14. The number of likely N-dealkylation sites (N-methyl/N-ethyl adjacent to an activating group) is 1. The highest BCUT2D eigenvalue weighted by atomic mass is 35.5. The van der Waals surface area contributed by atoms with E-state index in [2.05, 4.69) is 4.90 Å². The smallest absolute Gasteiger partial charge is 0.255 e. The molecule has 1 heterocycles. The molecule has 0 radical (unpaired) electrons. The predicted octanol–water partition coefficient (Wildman–Crippen LogP) is 1.58. The van der Waals surface area contributed by atoms with E-state index in [0.717, 1.165) is 38.8 Å². The van der Waals surface area contributed by atoms with E-state index in [1.807, 2.05) is 0 Å². The molecule has 12 heteroatoms. The number of fused-ring (bicyclic) bond motifs is 3. The topological polar surface area (TPSA) is 191 Å². The number of aliphatic hydroxyl groups excluding tert-OH is 2. The lowest BCUT2D eigenvalue weighted by atomic mass is 9.57. The lowest BCUT2D eigenvalue weighted by Crippen LogP contribution is -2.65. The first kappa shape index (κ1) is 28.4. The van der Waals surface area contributed by atoms with Crippen LogP contribution < -0.4 is 11.5 Å². The number of benzene rings is 1. The van der Waals surface area contributed by atoms with Crippen LogP contribution in [0.1, 0.15) is 48.8 Å². The summed E-state index contributed by atoms with van der Waals surface area (Å²) in [5.41, 5.74) is 8.76. The van der Waals surface area contributed by atoms with Gasteiger partial charge in [-0.1, -0.05) is 24.4 Å². The van der Waals surface area contributed by atoms with Crippen molar-refractivity contribution in [1.82, 2.24) is 9.80 Å². The van der Waals surface area contributed by atoms with Crippen molar-refractivity contribution in [3.63, 3.8) is 0 Å². The largest absolute Gasteiger partial charge is 0.508 e. The minimum atomic E-state index is -2.69. The summed E-state index contributed by atoms with van der Waals surface area (Å²) < 4.78 is 0. The molecule has 4 atom stereocenters. The molecule has 1 aliphatic heterocycles. The van der Waals surface area contributed by atoms with Gasteiger partial charge in [0.1, 0.15) is 22.8 Å². The number of amides is 1. The summed E-state index contributed by atoms with van der Waals surface area (Å²) in [4.78, 5) is 43.0. The van der Waals surface area contributed by atoms with Gasteiger partial charge >= 0.3 is 0 Å². The highest BCUT2D eigenvalue weighted by Crippen LogP contribution is 2.54. The average Bonchev–Trinajstić information content (AvgIpc) is 3.15. The van der Waals surface area contributed by atoms with Gasteiger partial charge in [0.2, 0.25) is 5.78 Å². The number of phenolic OH excluding ortho intramolecular Hbond substituents is 1. The zero-order chi connectivity index (χ0) is 29.3. The van der Waals surface area contributed by atoms with Gasteiger partial charge in [-0.05, 0) is 64.3 Å². The molecule has 0 unspecified atom stereocenters. The number of phenols is 1. The van der Waals surface area contributed by atoms with Gasteiger partial charge in [-0.25, -0.2) is 0 Å². The summed E-state index contributed by atoms with van der Waals surface area (Å²) in [7, 11) is 3.11. The lowest BCUT2D eigenvalue weighted by Gasteiger charge is -2.50. The maximum absolute atomic E-state index is 13.9. The highest BCUT2D eigenvalue weighted by molar-refractivity contribution is 6.33. The minimum Gasteiger partial charge on any atom is -0.508 e. The third-order valence-corrected chi connectivity index (χ3v) is 9.50. The molecule has 5 rings (SSSR count). The maximum atomic E-state index is 13.9. The quantitative estimate of drug-likeness (QED) is 0.175. The molecule has 0 bridgehead atoms. The number of hydrogen-bond acceptors (Lipinski definition) is 10. The van der Waals surface area contributed by atoms with E-state index >= 15 is 0 Å². The third kappa shape index (κ3) is 4.01. The number of anilines is 1. The molecule has 1 saturated heterocycles. The van der Waals surface area contributed by atoms with E-state index in [4.69, 9.17) is 23.1 Å². The number of carbonyl (C=O) groups excluding carboxylic acids is 3. The van der Waals surface area contributed by atoms with Crippen LogP contribution in [0.4, 0.5) is 5.69 Å². The Morgan fingerprint density at radius 1 is 1.12 bits per heavy atom. The first-order valence-corrected chi connectivity index (χ1v) is 13.9. The summed E-state index contributed by atoms with van der Waals surface area (Å²) in [6, 6.07) is -1.15. The normalized spacial score (nSPS) is 29.3. The van der Waals surface area contributed by atoms with Crippen molar-refractivity contribution < 1.29 is 34.8 Å². The summed E-state index contributed by atoms with van der Waals surface area (Å²) in [6.07, 6.45) is 4.48. The summed E-state index contributed by atoms with van der Waals surface area (Å²) in [6.45, 7) is 2.15. The fourth-order valence-electron chi connectivity index (χ4n) is 7.08. The molecule has 3 aliphatic carbocycles. The van der Waals surface area contributed by atoms with Crippen molar-refractivity contribution in [2.45, 2.75) is 56.7 Å². The second-order valence-corrected chi connectivity index (χ2v) is 11.9. The van der Waals surface area contributed by atoms with E-state index in [0.29, 0.717) is 17.7 Å². The van der Waals surface area contributed by atoms with E-state index < -0.39 is 63.8 Å². The molecule has 2 fully saturated rings. The summed E-state index contributed by atoms with van der Waals surface area (Å²) in [5, 5.41) is 45.5. The lowest BCUT2D eigenvalue weighted by molar-refractivity contribution is -0.153. The third-order valence-electron chi connectivity index (χ3n) is 9.04. The van der Waals surface area contributed by atoms with E-state index in [1.54, 1.807) is 14.1 Å². The molecule has 216 valence electrons. The Morgan fingerprint density at radius 3 is 2.33 bits per heavy atom. The van der Waals surface area contributed by atoms with E-state index in [9.17, 15) is 34.8 Å². The number of carbonyl (C=O) groups is 3. The van der Waals surface area contributed by atoms with Crippen LogP contribution in [0.15, 0.2) is 16.9 Å². The molecule has 1 aromatic carbocycles. The van der Waals surface area contributed by atoms with Gasteiger partial charge in [-0.2, -0.15) is 0 Å². The summed E-state index contributed by atoms with van der Waals surface area (Å²) >= 11 is 6.89. The number of hydrogen-bond donors (Lipinski definition) is 6. The number of nitrogens with zero attached hydrogens (tertiary/aromatic N) is 2. The fourth-order valence-corrected chi connectivity index (χ4v) is 7.42. The number of halogens is 1. The van der Waals surface area contributed by atoms with Crippen LogP contribution in [-0.4, -0.2) is 86.5 Å². The van der Waals surface area contributed by atoms with Crippen molar-refractivity contribution in [2.75, 3.05) is 32.9 Å². The number of nitrogens with two attached hydrogens (primary N) is 2. The second kappa shape index (κ2) is 10.1. The number of aliphatic hydroxyl groups is 3. The minimum absolute atomic E-state index is 0.00527. The molecule has 11 nitrogen and oxygen atoms in total. The van der Waals surface area contributed by atoms with Crippen LogP contribution in [-0.2, 0) is 27.3 Å². The number of likely N-dealkylation sites (tertiary alicyclic amines) is 1. The number of ketones is 2. The first-order chi connectivity index (χ1) is 18.8. The van der Waals surface area contributed by atoms with E-state index in [1.165, 1.54) is 4.90 Å². The molecule has 0 spiro atoms. The van der Waals surface area contributed by atoms with Gasteiger partial charge in [0.15, 0.2) is 11.4 Å².